The van der Waals surface area contributed by atoms with E-state index >= 15 is 0 Å². The van der Waals surface area contributed by atoms with Gasteiger partial charge in [-0.3, -0.25) is 4.79 Å². The van der Waals surface area contributed by atoms with Crippen molar-refractivity contribution in [1.29, 1.82) is 0 Å². The molecule has 0 radical (unpaired) electrons. The highest BCUT2D eigenvalue weighted by Gasteiger charge is 2.26. The highest BCUT2D eigenvalue weighted by Crippen LogP contribution is 2.20. The number of carbonyl (C=O) groups is 1. The number of aliphatic hydroxyl groups excluding tert-OH is 1. The zero-order valence-electron chi connectivity index (χ0n) is 11.6. The van der Waals surface area contributed by atoms with Gasteiger partial charge in [0.15, 0.2) is 11.6 Å². The fraction of sp³-hybridized carbons (Fsp3) is 0.538. The fourth-order valence-electron chi connectivity index (χ4n) is 2.32. The molecule has 0 aromatic carbocycles. The number of carbonyl (C=O) groups excluding carboxylic acids is 1. The molecule has 1 aliphatic rings. The smallest absolute Gasteiger partial charge is 0.257 e. The van der Waals surface area contributed by atoms with E-state index in [1.54, 1.807) is 4.90 Å². The lowest BCUT2D eigenvalue weighted by Gasteiger charge is -2.32. The number of nitrogens with two attached hydrogens (primary N) is 1. The van der Waals surface area contributed by atoms with E-state index in [2.05, 4.69) is 10.4 Å². The second-order valence-corrected chi connectivity index (χ2v) is 4.75. The van der Waals surface area contributed by atoms with Crippen molar-refractivity contribution < 1.29 is 19.0 Å². The molecule has 0 saturated carbocycles. The molecule has 1 aromatic heterocycles. The van der Waals surface area contributed by atoms with Crippen molar-refractivity contribution in [2.45, 2.75) is 18.9 Å². The molecule has 7 nitrogen and oxygen atoms in total. The number of nitrogen functional groups attached to an aromatic ring is 1. The summed E-state index contributed by atoms with van der Waals surface area (Å²) in [6.45, 7) is 1.25. The first-order chi connectivity index (χ1) is 10.2. The van der Waals surface area contributed by atoms with Gasteiger partial charge in [0, 0.05) is 19.3 Å². The zero-order chi connectivity index (χ0) is 15.2. The first kappa shape index (κ1) is 15.6. The summed E-state index contributed by atoms with van der Waals surface area (Å²) in [6, 6.07) is 1.34. The van der Waals surface area contributed by atoms with Crippen LogP contribution in [0.15, 0.2) is 12.3 Å². The van der Waals surface area contributed by atoms with Crippen LogP contribution in [0.1, 0.15) is 23.2 Å². The van der Waals surface area contributed by atoms with E-state index in [0.29, 0.717) is 32.5 Å². The lowest BCUT2D eigenvalue weighted by atomic mass is 10.1. The highest BCUT2D eigenvalue weighted by atomic mass is 19.1. The van der Waals surface area contributed by atoms with Crippen molar-refractivity contribution in [3.8, 4) is 0 Å². The van der Waals surface area contributed by atoms with E-state index in [1.165, 1.54) is 12.3 Å². The zero-order valence-corrected chi connectivity index (χ0v) is 11.6. The summed E-state index contributed by atoms with van der Waals surface area (Å²) in [6.07, 6.45) is 2.70. The van der Waals surface area contributed by atoms with Crippen LogP contribution in [0.4, 0.5) is 10.2 Å². The van der Waals surface area contributed by atoms with Crippen LogP contribution in [0.5, 0.6) is 0 Å². The Morgan fingerprint density at radius 2 is 2.29 bits per heavy atom. The van der Waals surface area contributed by atoms with Crippen LogP contribution >= 0.6 is 0 Å². The molecule has 0 atom stereocenters. The number of halogens is 1. The van der Waals surface area contributed by atoms with E-state index in [9.17, 15) is 9.18 Å². The van der Waals surface area contributed by atoms with Gasteiger partial charge in [-0.1, -0.05) is 0 Å². The molecule has 1 amide bonds. The Balaban J connectivity index is 1.99. The van der Waals surface area contributed by atoms with E-state index in [1.807, 2.05) is 0 Å². The average Bonchev–Trinajstić information content (AvgIpc) is 2.53. The second-order valence-electron chi connectivity index (χ2n) is 4.75. The number of hydrogen-bond donors (Lipinski definition) is 3. The predicted molar refractivity (Wildman–Crippen MR) is 74.0 cm³/mol. The number of amides is 1. The van der Waals surface area contributed by atoms with Crippen LogP contribution < -0.4 is 11.3 Å². The number of piperidine rings is 1. The van der Waals surface area contributed by atoms with Crippen molar-refractivity contribution in [1.82, 2.24) is 9.88 Å². The largest absolute Gasteiger partial charge is 0.394 e. The van der Waals surface area contributed by atoms with Crippen molar-refractivity contribution in [2.24, 2.45) is 5.84 Å². The number of hydrazine groups is 1. The Kier molecular flexibility index (Phi) is 5.43. The van der Waals surface area contributed by atoms with Crippen LogP contribution in [-0.2, 0) is 4.74 Å². The van der Waals surface area contributed by atoms with Gasteiger partial charge in [-0.25, -0.2) is 15.2 Å². The van der Waals surface area contributed by atoms with Gasteiger partial charge >= 0.3 is 0 Å². The van der Waals surface area contributed by atoms with Gasteiger partial charge in [0.2, 0.25) is 0 Å². The van der Waals surface area contributed by atoms with Crippen LogP contribution in [0, 0.1) is 5.82 Å². The third-order valence-electron chi connectivity index (χ3n) is 3.43. The number of hydrogen-bond acceptors (Lipinski definition) is 6. The number of rotatable bonds is 5. The normalized spacial score (nSPS) is 16.0. The van der Waals surface area contributed by atoms with Gasteiger partial charge in [-0.2, -0.15) is 0 Å². The van der Waals surface area contributed by atoms with Crippen molar-refractivity contribution in [3.63, 3.8) is 0 Å². The number of ether oxygens (including phenoxy) is 1. The maximum absolute atomic E-state index is 14.0. The minimum Gasteiger partial charge on any atom is -0.394 e. The summed E-state index contributed by atoms with van der Waals surface area (Å²) < 4.78 is 19.4. The molecule has 1 saturated heterocycles. The topological polar surface area (TPSA) is 101 Å². The highest BCUT2D eigenvalue weighted by molar-refractivity contribution is 5.95. The van der Waals surface area contributed by atoms with Gasteiger partial charge in [0.1, 0.15) is 0 Å². The number of anilines is 1. The molecule has 0 bridgehead atoms. The van der Waals surface area contributed by atoms with Crippen LogP contribution in [0.3, 0.4) is 0 Å². The molecule has 1 aliphatic heterocycles. The van der Waals surface area contributed by atoms with Gasteiger partial charge < -0.3 is 20.2 Å². The summed E-state index contributed by atoms with van der Waals surface area (Å²) in [5, 5.41) is 8.71. The second kappa shape index (κ2) is 7.30. The number of nitrogens with zero attached hydrogens (tertiary/aromatic N) is 2. The Hall–Kier alpha value is -1.77. The molecule has 0 unspecified atom stereocenters. The predicted octanol–water partition coefficient (Wildman–Crippen LogP) is 0.120. The summed E-state index contributed by atoms with van der Waals surface area (Å²) in [5.41, 5.74) is 2.07. The summed E-state index contributed by atoms with van der Waals surface area (Å²) in [4.78, 5) is 17.6. The molecular weight excluding hydrogens is 279 g/mol. The Morgan fingerprint density at radius 1 is 1.57 bits per heavy atom. The molecular formula is C13H19FN4O3. The van der Waals surface area contributed by atoms with Crippen molar-refractivity contribution in [2.75, 3.05) is 31.7 Å². The molecule has 8 heteroatoms. The standard InChI is InChI=1S/C13H19FN4O3/c14-11-10(1-4-16-12(11)17-15)13(20)18-5-2-9(3-6-18)21-8-7-19/h1,4,9,19H,2-3,5-8,15H2,(H,16,17). The lowest BCUT2D eigenvalue weighted by Crippen LogP contribution is -2.41. The molecule has 1 fully saturated rings. The summed E-state index contributed by atoms with van der Waals surface area (Å²) in [7, 11) is 0. The minimum atomic E-state index is -0.747. The number of aliphatic hydroxyl groups is 1. The summed E-state index contributed by atoms with van der Waals surface area (Å²) in [5.74, 6) is 3.87. The molecule has 4 N–H and O–H groups in total. The first-order valence-electron chi connectivity index (χ1n) is 6.80. The molecule has 1 aromatic rings. The van der Waals surface area contributed by atoms with Gasteiger partial charge in [-0.05, 0) is 18.9 Å². The summed E-state index contributed by atoms with van der Waals surface area (Å²) >= 11 is 0. The van der Waals surface area contributed by atoms with Crippen LogP contribution in [0.25, 0.3) is 0 Å². The minimum absolute atomic E-state index is 0.0176. The van der Waals surface area contributed by atoms with Gasteiger partial charge in [0.25, 0.3) is 5.91 Å². The monoisotopic (exact) mass is 298 g/mol. The number of aromatic nitrogens is 1. The van der Waals surface area contributed by atoms with Crippen LogP contribution in [0.2, 0.25) is 0 Å². The molecule has 2 heterocycles. The van der Waals surface area contributed by atoms with Crippen molar-refractivity contribution >= 4 is 11.7 Å². The number of likely N-dealkylation sites (tertiary alicyclic amines) is 1. The fourth-order valence-corrected chi connectivity index (χ4v) is 2.32. The number of nitrogens with one attached hydrogen (secondary N) is 1. The lowest BCUT2D eigenvalue weighted by molar-refractivity contribution is -0.00561. The first-order valence-corrected chi connectivity index (χ1v) is 6.80. The maximum Gasteiger partial charge on any atom is 0.257 e. The van der Waals surface area contributed by atoms with E-state index in [-0.39, 0.29) is 30.0 Å². The Labute approximate surface area is 121 Å². The van der Waals surface area contributed by atoms with E-state index in [4.69, 9.17) is 15.7 Å². The molecule has 21 heavy (non-hydrogen) atoms. The molecule has 0 spiro atoms. The van der Waals surface area contributed by atoms with Gasteiger partial charge in [-0.15, -0.1) is 0 Å². The number of pyridine rings is 1. The molecule has 2 rings (SSSR count). The Morgan fingerprint density at radius 3 is 2.90 bits per heavy atom. The van der Waals surface area contributed by atoms with Crippen molar-refractivity contribution in [3.05, 3.63) is 23.6 Å². The quantitative estimate of drug-likeness (QED) is 0.527. The maximum atomic E-state index is 14.0. The third-order valence-corrected chi connectivity index (χ3v) is 3.43. The average molecular weight is 298 g/mol. The SMILES string of the molecule is NNc1nccc(C(=O)N2CCC(OCCO)CC2)c1F. The van der Waals surface area contributed by atoms with E-state index < -0.39 is 5.82 Å². The van der Waals surface area contributed by atoms with Crippen LogP contribution in [-0.4, -0.2) is 53.3 Å². The Bertz CT molecular complexity index is 492. The third kappa shape index (κ3) is 3.66. The van der Waals surface area contributed by atoms with E-state index in [0.717, 1.165) is 0 Å². The van der Waals surface area contributed by atoms with Gasteiger partial charge in [0.05, 0.1) is 24.9 Å². The molecule has 0 aliphatic carbocycles. The molecule has 116 valence electrons.